The van der Waals surface area contributed by atoms with Crippen molar-refractivity contribution < 1.29 is 14.9 Å². The third-order valence-corrected chi connectivity index (χ3v) is 5.61. The zero-order valence-corrected chi connectivity index (χ0v) is 17.5. The lowest BCUT2D eigenvalue weighted by Crippen LogP contribution is -2.16. The average Bonchev–Trinajstić information content (AvgIpc) is 3.50. The number of hydrogen-bond donors (Lipinski definition) is 3. The third-order valence-electron chi connectivity index (χ3n) is 5.61. The van der Waals surface area contributed by atoms with E-state index in [9.17, 15) is 5.11 Å². The molecule has 158 valence electrons. The molecule has 1 aliphatic heterocycles. The van der Waals surface area contributed by atoms with Gasteiger partial charge in [-0.1, -0.05) is 32.8 Å². The Morgan fingerprint density at radius 2 is 1.76 bits per heavy atom. The highest BCUT2D eigenvalue weighted by atomic mass is 16.5. The molecular weight excluding hydrogens is 366 g/mol. The Kier molecular flexibility index (Phi) is 7.45. The summed E-state index contributed by atoms with van der Waals surface area (Å²) in [6, 6.07) is 5.88. The zero-order chi connectivity index (χ0) is 20.8. The molecule has 6 heteroatoms. The Bertz CT molecular complexity index is 815. The van der Waals surface area contributed by atoms with Crippen molar-refractivity contribution in [2.45, 2.75) is 77.4 Å². The van der Waals surface area contributed by atoms with Crippen molar-refractivity contribution >= 4 is 5.82 Å². The van der Waals surface area contributed by atoms with Gasteiger partial charge in [-0.05, 0) is 61.3 Å². The van der Waals surface area contributed by atoms with E-state index in [4.69, 9.17) is 15.6 Å². The summed E-state index contributed by atoms with van der Waals surface area (Å²) < 4.78 is 5.45. The summed E-state index contributed by atoms with van der Waals surface area (Å²) in [6.07, 6.45) is 7.78. The number of fused-ring (bicyclic) bond motifs is 1. The molecule has 2 fully saturated rings. The van der Waals surface area contributed by atoms with Crippen molar-refractivity contribution in [3.63, 3.8) is 0 Å². The number of phenols is 1. The predicted molar refractivity (Wildman–Crippen MR) is 115 cm³/mol. The normalized spacial score (nSPS) is 18.2. The van der Waals surface area contributed by atoms with Crippen molar-refractivity contribution in [3.05, 3.63) is 34.9 Å². The van der Waals surface area contributed by atoms with Crippen molar-refractivity contribution in [1.29, 1.82) is 0 Å². The van der Waals surface area contributed by atoms with E-state index in [1.165, 1.54) is 31.2 Å². The van der Waals surface area contributed by atoms with E-state index in [2.05, 4.69) is 16.3 Å². The van der Waals surface area contributed by atoms with Gasteiger partial charge in [0, 0.05) is 11.1 Å². The van der Waals surface area contributed by atoms with Crippen LogP contribution in [0, 0.1) is 0 Å². The van der Waals surface area contributed by atoms with Gasteiger partial charge in [0.15, 0.2) is 5.82 Å². The number of aromatic hydroxyl groups is 1. The fourth-order valence-corrected chi connectivity index (χ4v) is 3.84. The molecule has 0 amide bonds. The largest absolute Gasteiger partial charge is 0.507 e. The topological polar surface area (TPSA) is 101 Å². The Morgan fingerprint density at radius 1 is 1.03 bits per heavy atom. The average molecular weight is 400 g/mol. The highest BCUT2D eigenvalue weighted by molar-refractivity contribution is 5.72. The molecule has 0 radical (unpaired) electrons. The second kappa shape index (κ2) is 10.0. The van der Waals surface area contributed by atoms with E-state index in [1.807, 2.05) is 26.0 Å². The first-order valence-electron chi connectivity index (χ1n) is 10.9. The minimum absolute atomic E-state index is 0.0463. The molecule has 0 spiro atoms. The Labute approximate surface area is 173 Å². The molecule has 1 aromatic heterocycles. The van der Waals surface area contributed by atoms with Gasteiger partial charge in [-0.15, -0.1) is 10.2 Å². The standard InChI is InChI=1S/C16H17N3O2.C5H10O.C2H6/c17-16-13-8-21-6-5-11(13)15(18-19-16)12-4-3-10(7-14(12)20)9-1-2-9;6-5-3-1-2-4-5;1-2/h3-4,7,9,20H,1-2,5-6,8H2,(H2,17,19);5-6H,1-4H2;1-2H3. The molecule has 2 heterocycles. The second-order valence-corrected chi connectivity index (χ2v) is 7.68. The lowest BCUT2D eigenvalue weighted by atomic mass is 9.96. The van der Waals surface area contributed by atoms with Crippen LogP contribution in [0.2, 0.25) is 0 Å². The number of hydrogen-bond acceptors (Lipinski definition) is 6. The molecule has 0 atom stereocenters. The van der Waals surface area contributed by atoms with Gasteiger partial charge in [-0.25, -0.2) is 0 Å². The number of rotatable bonds is 2. The first-order valence-corrected chi connectivity index (χ1v) is 10.9. The number of anilines is 1. The number of aromatic nitrogens is 2. The first-order chi connectivity index (χ1) is 14.1. The number of phenolic OH excluding ortho intramolecular Hbond substituents is 1. The summed E-state index contributed by atoms with van der Waals surface area (Å²) in [5, 5.41) is 27.3. The van der Waals surface area contributed by atoms with E-state index in [-0.39, 0.29) is 11.9 Å². The van der Waals surface area contributed by atoms with Gasteiger partial charge in [-0.2, -0.15) is 0 Å². The fourth-order valence-electron chi connectivity index (χ4n) is 3.84. The fraction of sp³-hybridized carbons (Fsp3) is 0.565. The molecule has 0 bridgehead atoms. The summed E-state index contributed by atoms with van der Waals surface area (Å²) in [5.74, 6) is 1.31. The highest BCUT2D eigenvalue weighted by Gasteiger charge is 2.26. The van der Waals surface area contributed by atoms with Gasteiger partial charge in [0.2, 0.25) is 0 Å². The van der Waals surface area contributed by atoms with Crippen molar-refractivity contribution in [2.75, 3.05) is 12.3 Å². The number of nitrogens with two attached hydrogens (primary N) is 1. The van der Waals surface area contributed by atoms with E-state index in [0.29, 0.717) is 24.9 Å². The maximum Gasteiger partial charge on any atom is 0.151 e. The predicted octanol–water partition coefficient (Wildman–Crippen LogP) is 4.33. The first kappa shape index (κ1) is 21.5. The highest BCUT2D eigenvalue weighted by Crippen LogP contribution is 2.43. The number of ether oxygens (including phenoxy) is 1. The van der Waals surface area contributed by atoms with Crippen LogP contribution < -0.4 is 5.73 Å². The number of benzene rings is 1. The van der Waals surface area contributed by atoms with E-state index in [0.717, 1.165) is 41.6 Å². The van der Waals surface area contributed by atoms with Crippen LogP contribution in [0.25, 0.3) is 11.3 Å². The van der Waals surface area contributed by atoms with Crippen LogP contribution in [0.5, 0.6) is 5.75 Å². The molecule has 4 N–H and O–H groups in total. The molecule has 0 saturated heterocycles. The van der Waals surface area contributed by atoms with Crippen LogP contribution in [0.15, 0.2) is 18.2 Å². The van der Waals surface area contributed by atoms with Crippen LogP contribution in [-0.2, 0) is 17.8 Å². The van der Waals surface area contributed by atoms with E-state index < -0.39 is 0 Å². The minimum atomic E-state index is 0.0463. The maximum absolute atomic E-state index is 10.4. The summed E-state index contributed by atoms with van der Waals surface area (Å²) in [4.78, 5) is 0. The molecule has 0 unspecified atom stereocenters. The summed E-state index contributed by atoms with van der Waals surface area (Å²) in [6.45, 7) is 5.11. The molecular formula is C23H33N3O3. The van der Waals surface area contributed by atoms with Crippen molar-refractivity contribution in [3.8, 4) is 17.0 Å². The van der Waals surface area contributed by atoms with Gasteiger partial charge in [0.25, 0.3) is 0 Å². The number of aliphatic hydroxyl groups is 1. The van der Waals surface area contributed by atoms with Crippen LogP contribution in [-0.4, -0.2) is 33.1 Å². The van der Waals surface area contributed by atoms with Gasteiger partial charge in [0.05, 0.1) is 19.3 Å². The SMILES string of the molecule is CC.Nc1nnc(-c2ccc(C3CC3)cc2O)c2c1COCC2.OC1CCCC1. The minimum Gasteiger partial charge on any atom is -0.507 e. The van der Waals surface area contributed by atoms with E-state index in [1.54, 1.807) is 0 Å². The van der Waals surface area contributed by atoms with Gasteiger partial charge >= 0.3 is 0 Å². The lowest BCUT2D eigenvalue weighted by molar-refractivity contribution is 0.111. The quantitative estimate of drug-likeness (QED) is 0.695. The molecule has 29 heavy (non-hydrogen) atoms. The number of aliphatic hydroxyl groups excluding tert-OH is 1. The zero-order valence-electron chi connectivity index (χ0n) is 17.5. The lowest BCUT2D eigenvalue weighted by Gasteiger charge is -2.20. The smallest absolute Gasteiger partial charge is 0.151 e. The molecule has 5 rings (SSSR count). The van der Waals surface area contributed by atoms with Crippen LogP contribution in [0.1, 0.15) is 75.0 Å². The van der Waals surface area contributed by atoms with Gasteiger partial charge in [-0.3, -0.25) is 0 Å². The summed E-state index contributed by atoms with van der Waals surface area (Å²) >= 11 is 0. The van der Waals surface area contributed by atoms with Crippen molar-refractivity contribution in [1.82, 2.24) is 10.2 Å². The number of nitrogen functional groups attached to an aromatic ring is 1. The van der Waals surface area contributed by atoms with Gasteiger partial charge in [0.1, 0.15) is 11.4 Å². The van der Waals surface area contributed by atoms with Crippen LogP contribution in [0.4, 0.5) is 5.82 Å². The Hall–Kier alpha value is -2.18. The summed E-state index contributed by atoms with van der Waals surface area (Å²) in [5.41, 5.74) is 10.5. The molecule has 1 aromatic carbocycles. The summed E-state index contributed by atoms with van der Waals surface area (Å²) in [7, 11) is 0. The molecule has 6 nitrogen and oxygen atoms in total. The Balaban J connectivity index is 0.000000256. The van der Waals surface area contributed by atoms with Crippen molar-refractivity contribution in [2.24, 2.45) is 0 Å². The monoisotopic (exact) mass is 399 g/mol. The molecule has 2 saturated carbocycles. The second-order valence-electron chi connectivity index (χ2n) is 7.68. The maximum atomic E-state index is 10.4. The molecule has 3 aliphatic rings. The van der Waals surface area contributed by atoms with Crippen LogP contribution in [0.3, 0.4) is 0 Å². The van der Waals surface area contributed by atoms with Gasteiger partial charge < -0.3 is 20.7 Å². The Morgan fingerprint density at radius 3 is 2.34 bits per heavy atom. The van der Waals surface area contributed by atoms with Crippen LogP contribution >= 0.6 is 0 Å². The number of nitrogens with zero attached hydrogens (tertiary/aromatic N) is 2. The molecule has 2 aromatic rings. The third kappa shape index (κ3) is 5.25. The molecule has 2 aliphatic carbocycles. The van der Waals surface area contributed by atoms with E-state index >= 15 is 0 Å².